The second-order valence-electron chi connectivity index (χ2n) is 8.80. The lowest BCUT2D eigenvalue weighted by atomic mass is 9.97. The van der Waals surface area contributed by atoms with Crippen molar-refractivity contribution in [3.63, 3.8) is 0 Å². The van der Waals surface area contributed by atoms with E-state index in [1.54, 1.807) is 41.2 Å². The van der Waals surface area contributed by atoms with Crippen LogP contribution in [0.3, 0.4) is 0 Å². The van der Waals surface area contributed by atoms with E-state index in [1.165, 1.54) is 21.3 Å². The van der Waals surface area contributed by atoms with Gasteiger partial charge in [0.05, 0.1) is 28.4 Å². The van der Waals surface area contributed by atoms with Gasteiger partial charge in [-0.15, -0.1) is 0 Å². The maximum Gasteiger partial charge on any atom is 0.254 e. The van der Waals surface area contributed by atoms with Crippen molar-refractivity contribution in [3.05, 3.63) is 88.5 Å². The molecule has 3 aromatic carbocycles. The molecule has 0 spiro atoms. The minimum Gasteiger partial charge on any atom is -0.497 e. The van der Waals surface area contributed by atoms with Crippen molar-refractivity contribution < 1.29 is 28.5 Å². The maximum absolute atomic E-state index is 13.4. The highest BCUT2D eigenvalue weighted by atomic mass is 35.5. The number of carbonyl (C=O) groups is 2. The van der Waals surface area contributed by atoms with Gasteiger partial charge in [-0.1, -0.05) is 41.9 Å². The summed E-state index contributed by atoms with van der Waals surface area (Å²) in [6, 6.07) is 18.2. The average Bonchev–Trinajstić information content (AvgIpc) is 2.99. The van der Waals surface area contributed by atoms with Crippen LogP contribution in [-0.4, -0.2) is 76.2 Å². The van der Waals surface area contributed by atoms with Gasteiger partial charge < -0.3 is 28.7 Å². The van der Waals surface area contributed by atoms with Gasteiger partial charge in [-0.3, -0.25) is 9.59 Å². The number of nitrogens with zero attached hydrogens (tertiary/aromatic N) is 2. The minimum absolute atomic E-state index is 0.160. The Labute approximate surface area is 233 Å². The molecule has 1 saturated heterocycles. The molecule has 1 aliphatic rings. The van der Waals surface area contributed by atoms with Crippen LogP contribution < -0.4 is 18.9 Å². The third-order valence-corrected chi connectivity index (χ3v) is 6.93. The van der Waals surface area contributed by atoms with Crippen LogP contribution in [0.5, 0.6) is 23.0 Å². The predicted molar refractivity (Wildman–Crippen MR) is 150 cm³/mol. The fourth-order valence-electron chi connectivity index (χ4n) is 4.52. The van der Waals surface area contributed by atoms with Crippen molar-refractivity contribution >= 4 is 29.0 Å². The standard InChI is InChI=1S/C30H31ClN2O6/c1-36-22-9-7-8-20(16-22)24(23-10-5-6-11-25(23)31)19-28(34)32-12-14-33(15-13-32)30(35)21-17-26(37-2)29(39-4)27(18-21)38-3/h5-11,16-19H,12-15H2,1-4H3/b24-19-. The highest BCUT2D eigenvalue weighted by molar-refractivity contribution is 6.32. The van der Waals surface area contributed by atoms with Gasteiger partial charge in [-0.2, -0.15) is 0 Å². The van der Waals surface area contributed by atoms with Crippen molar-refractivity contribution in [2.24, 2.45) is 0 Å². The summed E-state index contributed by atoms with van der Waals surface area (Å²) in [6.07, 6.45) is 1.60. The van der Waals surface area contributed by atoms with E-state index in [-0.39, 0.29) is 11.8 Å². The number of halogens is 1. The Kier molecular flexibility index (Phi) is 8.99. The van der Waals surface area contributed by atoms with E-state index in [1.807, 2.05) is 42.5 Å². The monoisotopic (exact) mass is 550 g/mol. The number of benzene rings is 3. The Balaban J connectivity index is 1.54. The van der Waals surface area contributed by atoms with Gasteiger partial charge in [0.25, 0.3) is 5.91 Å². The minimum atomic E-state index is -0.176. The van der Waals surface area contributed by atoms with Gasteiger partial charge in [-0.25, -0.2) is 0 Å². The zero-order valence-electron chi connectivity index (χ0n) is 22.4. The Hall–Kier alpha value is -4.17. The summed E-state index contributed by atoms with van der Waals surface area (Å²) >= 11 is 6.52. The first-order valence-electron chi connectivity index (χ1n) is 12.4. The lowest BCUT2D eigenvalue weighted by molar-refractivity contribution is -0.127. The Morgan fingerprint density at radius 1 is 0.744 bits per heavy atom. The molecule has 0 aromatic heterocycles. The van der Waals surface area contributed by atoms with Crippen LogP contribution in [0.15, 0.2) is 66.7 Å². The van der Waals surface area contributed by atoms with Crippen molar-refractivity contribution in [3.8, 4) is 23.0 Å². The summed E-state index contributed by atoms with van der Waals surface area (Å²) < 4.78 is 21.5. The van der Waals surface area contributed by atoms with E-state index < -0.39 is 0 Å². The van der Waals surface area contributed by atoms with Gasteiger partial charge >= 0.3 is 0 Å². The maximum atomic E-state index is 13.4. The summed E-state index contributed by atoms with van der Waals surface area (Å²) in [5.41, 5.74) is 2.67. The number of hydrogen-bond acceptors (Lipinski definition) is 6. The normalized spacial score (nSPS) is 13.6. The first kappa shape index (κ1) is 27.9. The summed E-state index contributed by atoms with van der Waals surface area (Å²) in [7, 11) is 6.12. The molecule has 0 aliphatic carbocycles. The molecule has 1 heterocycles. The SMILES string of the molecule is COc1cccc(/C(=C/C(=O)N2CCN(C(=O)c3cc(OC)c(OC)c(OC)c3)CC2)c2ccccc2Cl)c1. The van der Waals surface area contributed by atoms with Crippen LogP contribution in [0, 0.1) is 0 Å². The van der Waals surface area contributed by atoms with Crippen molar-refractivity contribution in [1.29, 1.82) is 0 Å². The summed E-state index contributed by atoms with van der Waals surface area (Å²) in [6.45, 7) is 1.55. The molecule has 3 aromatic rings. The quantitative estimate of drug-likeness (QED) is 0.375. The predicted octanol–water partition coefficient (Wildman–Crippen LogP) is 4.79. The summed E-state index contributed by atoms with van der Waals surface area (Å²) in [4.78, 5) is 30.2. The molecule has 0 bridgehead atoms. The van der Waals surface area contributed by atoms with Gasteiger partial charge in [-0.05, 0) is 41.5 Å². The van der Waals surface area contributed by atoms with Crippen LogP contribution in [0.4, 0.5) is 0 Å². The fraction of sp³-hybridized carbons (Fsp3) is 0.267. The molecule has 204 valence electrons. The fourth-order valence-corrected chi connectivity index (χ4v) is 4.76. The molecule has 2 amide bonds. The zero-order valence-corrected chi connectivity index (χ0v) is 23.2. The Bertz CT molecular complexity index is 1360. The second-order valence-corrected chi connectivity index (χ2v) is 9.21. The Morgan fingerprint density at radius 2 is 1.38 bits per heavy atom. The van der Waals surface area contributed by atoms with Crippen LogP contribution in [0.2, 0.25) is 5.02 Å². The number of methoxy groups -OCH3 is 4. The lowest BCUT2D eigenvalue weighted by Crippen LogP contribution is -2.50. The van der Waals surface area contributed by atoms with Gasteiger partial charge in [0.2, 0.25) is 11.7 Å². The molecule has 0 saturated carbocycles. The van der Waals surface area contributed by atoms with Crippen LogP contribution in [0.25, 0.3) is 5.57 Å². The van der Waals surface area contributed by atoms with E-state index in [2.05, 4.69) is 0 Å². The third kappa shape index (κ3) is 6.12. The van der Waals surface area contributed by atoms with E-state index in [0.29, 0.717) is 65.3 Å². The van der Waals surface area contributed by atoms with Gasteiger partial charge in [0, 0.05) is 48.4 Å². The van der Waals surface area contributed by atoms with Gasteiger partial charge in [0.1, 0.15) is 5.75 Å². The molecule has 0 atom stereocenters. The molecule has 9 heteroatoms. The van der Waals surface area contributed by atoms with E-state index in [0.717, 1.165) is 11.1 Å². The number of ether oxygens (including phenoxy) is 4. The highest BCUT2D eigenvalue weighted by Crippen LogP contribution is 2.38. The van der Waals surface area contributed by atoms with Crippen LogP contribution in [-0.2, 0) is 4.79 Å². The molecule has 0 radical (unpaired) electrons. The molecule has 39 heavy (non-hydrogen) atoms. The molecule has 8 nitrogen and oxygen atoms in total. The Morgan fingerprint density at radius 3 is 1.97 bits per heavy atom. The smallest absolute Gasteiger partial charge is 0.254 e. The number of carbonyl (C=O) groups excluding carboxylic acids is 2. The zero-order chi connectivity index (χ0) is 27.9. The number of amides is 2. The van der Waals surface area contributed by atoms with Crippen LogP contribution >= 0.6 is 11.6 Å². The topological polar surface area (TPSA) is 77.5 Å². The largest absolute Gasteiger partial charge is 0.497 e. The molecule has 0 unspecified atom stereocenters. The first-order valence-corrected chi connectivity index (χ1v) is 12.8. The highest BCUT2D eigenvalue weighted by Gasteiger charge is 2.26. The molecular formula is C30H31ClN2O6. The van der Waals surface area contributed by atoms with Crippen molar-refractivity contribution in [2.75, 3.05) is 54.6 Å². The molecule has 1 fully saturated rings. The van der Waals surface area contributed by atoms with Crippen LogP contribution in [0.1, 0.15) is 21.5 Å². The van der Waals surface area contributed by atoms with E-state index >= 15 is 0 Å². The average molecular weight is 551 g/mol. The molecule has 4 rings (SSSR count). The molecule has 0 N–H and O–H groups in total. The number of hydrogen-bond donors (Lipinski definition) is 0. The molecule has 1 aliphatic heterocycles. The second kappa shape index (κ2) is 12.6. The van der Waals surface area contributed by atoms with E-state index in [4.69, 9.17) is 30.5 Å². The number of rotatable bonds is 8. The van der Waals surface area contributed by atoms with Gasteiger partial charge in [0.15, 0.2) is 11.5 Å². The summed E-state index contributed by atoms with van der Waals surface area (Å²) in [5.74, 6) is 1.58. The summed E-state index contributed by atoms with van der Waals surface area (Å²) in [5, 5.41) is 0.542. The lowest BCUT2D eigenvalue weighted by Gasteiger charge is -2.34. The van der Waals surface area contributed by atoms with Crippen molar-refractivity contribution in [2.45, 2.75) is 0 Å². The molecular weight excluding hydrogens is 520 g/mol. The van der Waals surface area contributed by atoms with Crippen molar-refractivity contribution in [1.82, 2.24) is 9.80 Å². The first-order chi connectivity index (χ1) is 18.9. The third-order valence-electron chi connectivity index (χ3n) is 6.60. The number of piperazine rings is 1. The van der Waals surface area contributed by atoms with E-state index in [9.17, 15) is 9.59 Å².